The molecule has 0 aromatic heterocycles. The van der Waals surface area contributed by atoms with Gasteiger partial charge >= 0.3 is 0 Å². The largest absolute Gasteiger partial charge is 0.368 e. The number of primary amides is 1. The van der Waals surface area contributed by atoms with E-state index in [4.69, 9.17) is 17.3 Å². The number of hydrogen-bond donors (Lipinski definition) is 1. The first-order valence-electron chi connectivity index (χ1n) is 8.32. The van der Waals surface area contributed by atoms with Crippen molar-refractivity contribution in [1.82, 2.24) is 4.90 Å². The van der Waals surface area contributed by atoms with E-state index in [0.29, 0.717) is 28.8 Å². The average Bonchev–Trinajstić information content (AvgIpc) is 3.00. The lowest BCUT2D eigenvalue weighted by Crippen LogP contribution is -2.51. The van der Waals surface area contributed by atoms with Gasteiger partial charge in [0.25, 0.3) is 5.91 Å². The summed E-state index contributed by atoms with van der Waals surface area (Å²) in [5, 5.41) is 0.872. The molecule has 1 fully saturated rings. The van der Waals surface area contributed by atoms with Gasteiger partial charge in [0.1, 0.15) is 12.6 Å². The standard InChI is InChI=1S/C17H19ClN4O3S/c18-11-5-1-2-6-12(11)22-14(23)9-20-17(22)26-10-15(24)21-8-4-3-7-13(21)16(19)25/h1-2,5-6,13H,3-4,7-10H2,(H2,19,25)/t13-/m1/s1. The molecule has 2 aliphatic heterocycles. The van der Waals surface area contributed by atoms with Crippen molar-refractivity contribution < 1.29 is 14.4 Å². The highest BCUT2D eigenvalue weighted by atomic mass is 35.5. The average molecular weight is 395 g/mol. The number of carbonyl (C=O) groups is 3. The van der Waals surface area contributed by atoms with E-state index in [1.165, 1.54) is 21.6 Å². The summed E-state index contributed by atoms with van der Waals surface area (Å²) in [4.78, 5) is 43.6. The van der Waals surface area contributed by atoms with E-state index in [1.807, 2.05) is 0 Å². The number of para-hydroxylation sites is 1. The van der Waals surface area contributed by atoms with Crippen LogP contribution in [0, 0.1) is 0 Å². The molecule has 1 aromatic carbocycles. The van der Waals surface area contributed by atoms with E-state index in [2.05, 4.69) is 4.99 Å². The van der Waals surface area contributed by atoms with E-state index >= 15 is 0 Å². The first-order valence-corrected chi connectivity index (χ1v) is 9.69. The van der Waals surface area contributed by atoms with Gasteiger partial charge in [0.05, 0.1) is 16.5 Å². The number of piperidine rings is 1. The summed E-state index contributed by atoms with van der Waals surface area (Å²) in [6, 6.07) is 6.44. The molecule has 2 N–H and O–H groups in total. The van der Waals surface area contributed by atoms with Gasteiger partial charge < -0.3 is 10.6 Å². The number of amidine groups is 1. The molecule has 0 aliphatic carbocycles. The van der Waals surface area contributed by atoms with E-state index in [1.54, 1.807) is 24.3 Å². The third-order valence-electron chi connectivity index (χ3n) is 4.36. The highest BCUT2D eigenvalue weighted by Gasteiger charge is 2.33. The van der Waals surface area contributed by atoms with E-state index in [0.717, 1.165) is 12.8 Å². The molecule has 3 rings (SSSR count). The van der Waals surface area contributed by atoms with Crippen LogP contribution in [0.2, 0.25) is 5.02 Å². The molecule has 3 amide bonds. The van der Waals surface area contributed by atoms with Gasteiger partial charge in [-0.25, -0.2) is 0 Å². The van der Waals surface area contributed by atoms with E-state index in [-0.39, 0.29) is 24.1 Å². The molecule has 0 bridgehead atoms. The smallest absolute Gasteiger partial charge is 0.254 e. The minimum absolute atomic E-state index is 0.0232. The Morgan fingerprint density at radius 1 is 1.31 bits per heavy atom. The van der Waals surface area contributed by atoms with Crippen LogP contribution in [-0.2, 0) is 14.4 Å². The second-order valence-electron chi connectivity index (χ2n) is 6.07. The van der Waals surface area contributed by atoms with Gasteiger partial charge in [0.15, 0.2) is 5.17 Å². The number of nitrogens with zero attached hydrogens (tertiary/aromatic N) is 3. The monoisotopic (exact) mass is 394 g/mol. The minimum Gasteiger partial charge on any atom is -0.368 e. The van der Waals surface area contributed by atoms with Crippen LogP contribution in [0.4, 0.5) is 5.69 Å². The number of halogens is 1. The molecule has 1 saturated heterocycles. The molecule has 9 heteroatoms. The maximum absolute atomic E-state index is 12.6. The number of benzene rings is 1. The molecule has 26 heavy (non-hydrogen) atoms. The topological polar surface area (TPSA) is 96.1 Å². The van der Waals surface area contributed by atoms with Crippen molar-refractivity contribution in [2.45, 2.75) is 25.3 Å². The quantitative estimate of drug-likeness (QED) is 0.839. The van der Waals surface area contributed by atoms with Crippen LogP contribution in [0.1, 0.15) is 19.3 Å². The van der Waals surface area contributed by atoms with Crippen molar-refractivity contribution in [2.75, 3.05) is 23.7 Å². The van der Waals surface area contributed by atoms with Crippen molar-refractivity contribution >= 4 is 51.9 Å². The number of thioether (sulfide) groups is 1. The summed E-state index contributed by atoms with van der Waals surface area (Å²) in [5.74, 6) is -0.772. The lowest BCUT2D eigenvalue weighted by molar-refractivity contribution is -0.138. The number of aliphatic imine (C=N–C) groups is 1. The molecule has 0 unspecified atom stereocenters. The summed E-state index contributed by atoms with van der Waals surface area (Å²) in [7, 11) is 0. The zero-order chi connectivity index (χ0) is 18.7. The second-order valence-corrected chi connectivity index (χ2v) is 7.42. The predicted molar refractivity (Wildman–Crippen MR) is 102 cm³/mol. The van der Waals surface area contributed by atoms with Crippen molar-refractivity contribution in [3.05, 3.63) is 29.3 Å². The molecule has 0 radical (unpaired) electrons. The Morgan fingerprint density at radius 3 is 2.81 bits per heavy atom. The maximum atomic E-state index is 12.6. The third kappa shape index (κ3) is 3.86. The second kappa shape index (κ2) is 8.09. The molecule has 2 aliphatic rings. The Labute approximate surface area is 160 Å². The number of likely N-dealkylation sites (tertiary alicyclic amines) is 1. The van der Waals surface area contributed by atoms with E-state index in [9.17, 15) is 14.4 Å². The number of carbonyl (C=O) groups excluding carboxylic acids is 3. The Morgan fingerprint density at radius 2 is 2.08 bits per heavy atom. The molecule has 2 heterocycles. The van der Waals surface area contributed by atoms with Gasteiger partial charge in [0.2, 0.25) is 11.8 Å². The van der Waals surface area contributed by atoms with Crippen molar-refractivity contribution in [1.29, 1.82) is 0 Å². The Balaban J connectivity index is 1.68. The highest BCUT2D eigenvalue weighted by molar-refractivity contribution is 8.14. The molecule has 7 nitrogen and oxygen atoms in total. The fourth-order valence-electron chi connectivity index (χ4n) is 3.10. The van der Waals surface area contributed by atoms with Gasteiger partial charge in [-0.05, 0) is 31.4 Å². The number of nitrogens with two attached hydrogens (primary N) is 1. The Bertz CT molecular complexity index is 770. The van der Waals surface area contributed by atoms with Crippen LogP contribution in [-0.4, -0.2) is 52.7 Å². The van der Waals surface area contributed by atoms with Gasteiger partial charge in [-0.3, -0.25) is 24.3 Å². The lowest BCUT2D eigenvalue weighted by Gasteiger charge is -2.33. The molecule has 1 atom stereocenters. The molecule has 0 saturated carbocycles. The minimum atomic E-state index is -0.552. The normalized spacial score (nSPS) is 20.3. The van der Waals surface area contributed by atoms with Crippen molar-refractivity contribution in [3.63, 3.8) is 0 Å². The van der Waals surface area contributed by atoms with Crippen LogP contribution >= 0.6 is 23.4 Å². The van der Waals surface area contributed by atoms with Crippen LogP contribution in [0.5, 0.6) is 0 Å². The predicted octanol–water partition coefficient (Wildman–Crippen LogP) is 1.64. The third-order valence-corrected chi connectivity index (χ3v) is 5.64. The SMILES string of the molecule is NC(=O)[C@H]1CCCCN1C(=O)CSC1=NCC(=O)N1c1ccccc1Cl. The summed E-state index contributed by atoms with van der Waals surface area (Å²) in [6.45, 7) is 0.544. The Hall–Kier alpha value is -2.06. The molecular weight excluding hydrogens is 376 g/mol. The molecule has 138 valence electrons. The highest BCUT2D eigenvalue weighted by Crippen LogP contribution is 2.30. The molecular formula is C17H19ClN4O3S. The zero-order valence-corrected chi connectivity index (χ0v) is 15.6. The van der Waals surface area contributed by atoms with Crippen molar-refractivity contribution in [2.24, 2.45) is 10.7 Å². The summed E-state index contributed by atoms with van der Waals surface area (Å²) < 4.78 is 0. The number of rotatable bonds is 4. The number of amides is 3. The maximum Gasteiger partial charge on any atom is 0.254 e. The zero-order valence-electron chi connectivity index (χ0n) is 14.1. The van der Waals surface area contributed by atoms with Gasteiger partial charge in [-0.1, -0.05) is 35.5 Å². The van der Waals surface area contributed by atoms with Crippen molar-refractivity contribution in [3.8, 4) is 0 Å². The first kappa shape index (κ1) is 18.7. The number of hydrogen-bond acceptors (Lipinski definition) is 5. The molecule has 0 spiro atoms. The summed E-state index contributed by atoms with van der Waals surface area (Å²) >= 11 is 7.36. The Kier molecular flexibility index (Phi) is 5.83. The summed E-state index contributed by atoms with van der Waals surface area (Å²) in [5.41, 5.74) is 5.96. The van der Waals surface area contributed by atoms with Gasteiger partial charge in [-0.15, -0.1) is 0 Å². The van der Waals surface area contributed by atoms with Crippen LogP contribution in [0.25, 0.3) is 0 Å². The van der Waals surface area contributed by atoms with Crippen LogP contribution < -0.4 is 10.6 Å². The first-order chi connectivity index (χ1) is 12.5. The van der Waals surface area contributed by atoms with Gasteiger partial charge in [-0.2, -0.15) is 0 Å². The molecule has 1 aromatic rings. The van der Waals surface area contributed by atoms with E-state index < -0.39 is 11.9 Å². The fraction of sp³-hybridized carbons (Fsp3) is 0.412. The van der Waals surface area contributed by atoms with Crippen LogP contribution in [0.3, 0.4) is 0 Å². The lowest BCUT2D eigenvalue weighted by atomic mass is 10.0. The van der Waals surface area contributed by atoms with Crippen LogP contribution in [0.15, 0.2) is 29.3 Å². The summed E-state index contributed by atoms with van der Waals surface area (Å²) in [6.07, 6.45) is 2.33. The van der Waals surface area contributed by atoms with Gasteiger partial charge in [0, 0.05) is 6.54 Å². The fourth-order valence-corrected chi connectivity index (χ4v) is 4.22. The number of anilines is 1.